The van der Waals surface area contributed by atoms with Crippen LogP contribution in [0.25, 0.3) is 10.1 Å². The highest BCUT2D eigenvalue weighted by molar-refractivity contribution is 7.17. The van der Waals surface area contributed by atoms with Crippen LogP contribution >= 0.6 is 11.3 Å². The fraction of sp³-hybridized carbons (Fsp3) is 0.562. The zero-order valence-electron chi connectivity index (χ0n) is 12.5. The predicted molar refractivity (Wildman–Crippen MR) is 91.2 cm³/mol. The Hall–Kier alpha value is -1.17. The fourth-order valence-electron chi connectivity index (χ4n) is 2.97. The highest BCUT2D eigenvalue weighted by atomic mass is 32.1. The highest BCUT2D eigenvalue weighted by Crippen LogP contribution is 2.28. The van der Waals surface area contributed by atoms with E-state index in [1.54, 1.807) is 11.3 Å². The van der Waals surface area contributed by atoms with E-state index in [2.05, 4.69) is 32.3 Å². The van der Waals surface area contributed by atoms with Gasteiger partial charge < -0.3 is 10.6 Å². The van der Waals surface area contributed by atoms with Gasteiger partial charge in [0.05, 0.1) is 0 Å². The molecule has 1 aliphatic rings. The number of fused-ring (bicyclic) bond motifs is 1. The minimum absolute atomic E-state index is 0.824. The molecular formula is C16H24N4S. The average Bonchev–Trinajstić information content (AvgIpc) is 3.01. The molecule has 21 heavy (non-hydrogen) atoms. The predicted octanol–water partition coefficient (Wildman–Crippen LogP) is 2.55. The van der Waals surface area contributed by atoms with Crippen LogP contribution in [0.3, 0.4) is 0 Å². The summed E-state index contributed by atoms with van der Waals surface area (Å²) in [5.41, 5.74) is 5.54. The van der Waals surface area contributed by atoms with Gasteiger partial charge in [0.1, 0.15) is 5.82 Å². The van der Waals surface area contributed by atoms with Gasteiger partial charge in [0.2, 0.25) is 0 Å². The van der Waals surface area contributed by atoms with E-state index in [9.17, 15) is 0 Å². The Morgan fingerprint density at radius 1 is 1.10 bits per heavy atom. The molecule has 2 aromatic heterocycles. The minimum Gasteiger partial charge on any atom is -0.354 e. The lowest BCUT2D eigenvalue weighted by Gasteiger charge is -2.35. The number of aromatic nitrogens is 1. The number of piperazine rings is 1. The van der Waals surface area contributed by atoms with E-state index in [-0.39, 0.29) is 0 Å². The van der Waals surface area contributed by atoms with E-state index < -0.39 is 0 Å². The molecule has 3 rings (SSSR count). The van der Waals surface area contributed by atoms with Crippen molar-refractivity contribution in [1.82, 2.24) is 9.88 Å². The first-order chi connectivity index (χ1) is 10.4. The molecule has 114 valence electrons. The summed E-state index contributed by atoms with van der Waals surface area (Å²) in [6.45, 7) is 6.49. The van der Waals surface area contributed by atoms with Crippen LogP contribution < -0.4 is 10.6 Å². The zero-order valence-corrected chi connectivity index (χ0v) is 13.3. The number of hydrogen-bond donors (Lipinski definition) is 1. The lowest BCUT2D eigenvalue weighted by molar-refractivity contribution is 0.252. The van der Waals surface area contributed by atoms with Gasteiger partial charge in [0.15, 0.2) is 0 Å². The van der Waals surface area contributed by atoms with Crippen molar-refractivity contribution < 1.29 is 0 Å². The summed E-state index contributed by atoms with van der Waals surface area (Å²) < 4.78 is 1.34. The van der Waals surface area contributed by atoms with Crippen LogP contribution in [0.5, 0.6) is 0 Å². The van der Waals surface area contributed by atoms with Gasteiger partial charge >= 0.3 is 0 Å². The summed E-state index contributed by atoms with van der Waals surface area (Å²) in [5, 5.41) is 3.46. The van der Waals surface area contributed by atoms with Gasteiger partial charge in [-0.25, -0.2) is 4.98 Å². The molecule has 0 radical (unpaired) electrons. The van der Waals surface area contributed by atoms with Crippen LogP contribution in [0.1, 0.15) is 19.3 Å². The standard InChI is InChI=1S/C16H24N4S/c17-6-2-1-3-8-19-9-11-20(12-10-19)16-14-5-13-21-15(14)4-7-18-16/h4-5,7,13H,1-3,6,8-12,17H2. The third kappa shape index (κ3) is 3.54. The maximum Gasteiger partial charge on any atom is 0.137 e. The van der Waals surface area contributed by atoms with Crippen LogP contribution in [-0.4, -0.2) is 49.2 Å². The molecule has 0 bridgehead atoms. The lowest BCUT2D eigenvalue weighted by atomic mass is 10.2. The molecule has 4 nitrogen and oxygen atoms in total. The van der Waals surface area contributed by atoms with E-state index in [1.165, 1.54) is 29.5 Å². The number of pyridine rings is 1. The van der Waals surface area contributed by atoms with E-state index in [0.29, 0.717) is 0 Å². The van der Waals surface area contributed by atoms with Crippen molar-refractivity contribution in [3.63, 3.8) is 0 Å². The molecule has 0 atom stereocenters. The summed E-state index contributed by atoms with van der Waals surface area (Å²) >= 11 is 1.79. The van der Waals surface area contributed by atoms with E-state index in [0.717, 1.165) is 45.0 Å². The zero-order chi connectivity index (χ0) is 14.5. The normalized spacial score (nSPS) is 16.7. The van der Waals surface area contributed by atoms with Gasteiger partial charge in [-0.3, -0.25) is 4.90 Å². The Morgan fingerprint density at radius 2 is 1.95 bits per heavy atom. The molecular weight excluding hydrogens is 280 g/mol. The molecule has 0 unspecified atom stereocenters. The number of thiophene rings is 1. The molecule has 2 aromatic rings. The van der Waals surface area contributed by atoms with Crippen molar-refractivity contribution in [3.8, 4) is 0 Å². The Kier molecular flexibility index (Phi) is 5.06. The Labute approximate surface area is 130 Å². The van der Waals surface area contributed by atoms with Gasteiger partial charge in [0, 0.05) is 42.5 Å². The summed E-state index contributed by atoms with van der Waals surface area (Å²) in [6, 6.07) is 4.30. The van der Waals surface area contributed by atoms with E-state index in [1.807, 2.05) is 6.20 Å². The molecule has 3 heterocycles. The number of nitrogens with zero attached hydrogens (tertiary/aromatic N) is 3. The maximum absolute atomic E-state index is 5.54. The van der Waals surface area contributed by atoms with Gasteiger partial charge in [-0.05, 0) is 43.4 Å². The Morgan fingerprint density at radius 3 is 2.76 bits per heavy atom. The quantitative estimate of drug-likeness (QED) is 0.833. The molecule has 0 spiro atoms. The third-order valence-corrected chi connectivity index (χ3v) is 5.09. The molecule has 0 aliphatic carbocycles. The summed E-state index contributed by atoms with van der Waals surface area (Å²) in [6.07, 6.45) is 5.62. The molecule has 5 heteroatoms. The van der Waals surface area contributed by atoms with E-state index in [4.69, 9.17) is 5.73 Å². The average molecular weight is 304 g/mol. The van der Waals surface area contributed by atoms with Crippen LogP contribution in [-0.2, 0) is 0 Å². The third-order valence-electron chi connectivity index (χ3n) is 4.21. The Balaban J connectivity index is 1.55. The van der Waals surface area contributed by atoms with Crippen molar-refractivity contribution in [3.05, 3.63) is 23.7 Å². The number of unbranched alkanes of at least 4 members (excludes halogenated alkanes) is 2. The number of hydrogen-bond acceptors (Lipinski definition) is 5. The second-order valence-corrected chi connectivity index (χ2v) is 6.59. The largest absolute Gasteiger partial charge is 0.354 e. The maximum atomic E-state index is 5.54. The SMILES string of the molecule is NCCCCCN1CCN(c2nccc3sccc23)CC1. The molecule has 2 N–H and O–H groups in total. The number of rotatable bonds is 6. The first-order valence-corrected chi connectivity index (χ1v) is 8.76. The highest BCUT2D eigenvalue weighted by Gasteiger charge is 2.19. The molecule has 1 saturated heterocycles. The monoisotopic (exact) mass is 304 g/mol. The molecule has 0 amide bonds. The minimum atomic E-state index is 0.824. The van der Waals surface area contributed by atoms with Crippen LogP contribution in [0.2, 0.25) is 0 Å². The van der Waals surface area contributed by atoms with E-state index >= 15 is 0 Å². The van der Waals surface area contributed by atoms with Crippen LogP contribution in [0.15, 0.2) is 23.7 Å². The second-order valence-electron chi connectivity index (χ2n) is 5.64. The Bertz CT molecular complexity index is 560. The molecule has 1 fully saturated rings. The van der Waals surface area contributed by atoms with Crippen molar-refractivity contribution in [2.75, 3.05) is 44.2 Å². The van der Waals surface area contributed by atoms with Gasteiger partial charge in [0.25, 0.3) is 0 Å². The number of anilines is 1. The fourth-order valence-corrected chi connectivity index (χ4v) is 3.75. The van der Waals surface area contributed by atoms with Gasteiger partial charge in [-0.1, -0.05) is 6.42 Å². The van der Waals surface area contributed by atoms with Crippen molar-refractivity contribution in [2.24, 2.45) is 5.73 Å². The first-order valence-electron chi connectivity index (χ1n) is 7.88. The van der Waals surface area contributed by atoms with Crippen LogP contribution in [0, 0.1) is 0 Å². The number of nitrogens with two attached hydrogens (primary N) is 1. The summed E-state index contributed by atoms with van der Waals surface area (Å²) in [4.78, 5) is 9.62. The van der Waals surface area contributed by atoms with Crippen molar-refractivity contribution >= 4 is 27.2 Å². The van der Waals surface area contributed by atoms with Crippen LogP contribution in [0.4, 0.5) is 5.82 Å². The molecule has 0 aromatic carbocycles. The van der Waals surface area contributed by atoms with Gasteiger partial charge in [-0.15, -0.1) is 11.3 Å². The first kappa shape index (κ1) is 14.8. The molecule has 1 aliphatic heterocycles. The molecule has 0 saturated carbocycles. The second kappa shape index (κ2) is 7.20. The summed E-state index contributed by atoms with van der Waals surface area (Å²) in [7, 11) is 0. The topological polar surface area (TPSA) is 45.4 Å². The summed E-state index contributed by atoms with van der Waals surface area (Å²) in [5.74, 6) is 1.16. The smallest absolute Gasteiger partial charge is 0.137 e. The van der Waals surface area contributed by atoms with Gasteiger partial charge in [-0.2, -0.15) is 0 Å². The lowest BCUT2D eigenvalue weighted by Crippen LogP contribution is -2.47. The van der Waals surface area contributed by atoms with Crippen molar-refractivity contribution in [1.29, 1.82) is 0 Å². The van der Waals surface area contributed by atoms with Crippen molar-refractivity contribution in [2.45, 2.75) is 19.3 Å².